The van der Waals surface area contributed by atoms with E-state index in [-0.39, 0.29) is 5.91 Å². The second-order valence-electron chi connectivity index (χ2n) is 5.28. The Labute approximate surface area is 121 Å². The molecule has 1 saturated heterocycles. The molecule has 1 aromatic heterocycles. The van der Waals surface area contributed by atoms with Gasteiger partial charge in [0.05, 0.1) is 5.69 Å². The van der Waals surface area contributed by atoms with Crippen LogP contribution in [0, 0.1) is 5.92 Å². The Bertz CT molecular complexity index is 503. The van der Waals surface area contributed by atoms with Crippen LogP contribution in [-0.2, 0) is 16.1 Å². The molecule has 6 nitrogen and oxygen atoms in total. The van der Waals surface area contributed by atoms with E-state index >= 15 is 0 Å². The van der Waals surface area contributed by atoms with Crippen molar-refractivity contribution in [3.8, 4) is 0 Å². The van der Waals surface area contributed by atoms with Gasteiger partial charge in [-0.25, -0.2) is 4.98 Å². The highest BCUT2D eigenvalue weighted by molar-refractivity contribution is 7.13. The number of likely N-dealkylation sites (tertiary alicyclic amines) is 1. The molecule has 110 valence electrons. The van der Waals surface area contributed by atoms with Gasteiger partial charge in [-0.15, -0.1) is 11.3 Å². The number of anilines is 1. The number of hydrogen-bond donors (Lipinski definition) is 2. The highest BCUT2D eigenvalue weighted by atomic mass is 32.1. The molecule has 2 unspecified atom stereocenters. The summed E-state index contributed by atoms with van der Waals surface area (Å²) >= 11 is 1.36. The van der Waals surface area contributed by atoms with Crippen molar-refractivity contribution in [3.05, 3.63) is 11.1 Å². The molecule has 1 aromatic rings. The lowest BCUT2D eigenvalue weighted by atomic mass is 9.92. The van der Waals surface area contributed by atoms with Crippen molar-refractivity contribution in [3.63, 3.8) is 0 Å². The number of piperidine rings is 1. The zero-order chi connectivity index (χ0) is 14.7. The van der Waals surface area contributed by atoms with Gasteiger partial charge >= 0.3 is 5.97 Å². The van der Waals surface area contributed by atoms with Crippen molar-refractivity contribution in [2.45, 2.75) is 39.3 Å². The van der Waals surface area contributed by atoms with E-state index in [0.717, 1.165) is 18.7 Å². The number of rotatable bonds is 4. The number of thiazole rings is 1. The summed E-state index contributed by atoms with van der Waals surface area (Å²) in [5, 5.41) is 14.4. The van der Waals surface area contributed by atoms with Gasteiger partial charge < -0.3 is 10.4 Å². The molecular weight excluding hydrogens is 278 g/mol. The molecule has 2 atom stereocenters. The molecule has 0 spiro atoms. The molecular formula is C13H19N3O3S. The minimum absolute atomic E-state index is 0.152. The number of aliphatic carboxylic acids is 1. The molecule has 7 heteroatoms. The topological polar surface area (TPSA) is 82.5 Å². The predicted octanol–water partition coefficient (Wildman–Crippen LogP) is 1.79. The Hall–Kier alpha value is -1.47. The largest absolute Gasteiger partial charge is 0.480 e. The molecule has 1 aliphatic heterocycles. The van der Waals surface area contributed by atoms with E-state index in [1.165, 1.54) is 18.3 Å². The number of amides is 1. The maximum atomic E-state index is 11.3. The van der Waals surface area contributed by atoms with E-state index in [4.69, 9.17) is 0 Å². The zero-order valence-electron chi connectivity index (χ0n) is 11.6. The van der Waals surface area contributed by atoms with Crippen molar-refractivity contribution < 1.29 is 14.7 Å². The number of hydrogen-bond acceptors (Lipinski definition) is 5. The summed E-state index contributed by atoms with van der Waals surface area (Å²) < 4.78 is 0. The van der Waals surface area contributed by atoms with E-state index in [0.29, 0.717) is 24.0 Å². The molecule has 1 fully saturated rings. The van der Waals surface area contributed by atoms with Gasteiger partial charge in [0.2, 0.25) is 5.91 Å². The summed E-state index contributed by atoms with van der Waals surface area (Å²) in [6.45, 7) is 4.81. The van der Waals surface area contributed by atoms with Crippen LogP contribution in [0.5, 0.6) is 0 Å². The molecule has 0 radical (unpaired) electrons. The van der Waals surface area contributed by atoms with Crippen LogP contribution < -0.4 is 5.32 Å². The van der Waals surface area contributed by atoms with Crippen LogP contribution in [0.4, 0.5) is 5.13 Å². The minimum atomic E-state index is -0.770. The monoisotopic (exact) mass is 297 g/mol. The van der Waals surface area contributed by atoms with E-state index in [1.54, 1.807) is 0 Å². The summed E-state index contributed by atoms with van der Waals surface area (Å²) in [5.41, 5.74) is 0.805. The zero-order valence-corrected chi connectivity index (χ0v) is 12.4. The second kappa shape index (κ2) is 6.32. The van der Waals surface area contributed by atoms with E-state index < -0.39 is 12.0 Å². The summed E-state index contributed by atoms with van der Waals surface area (Å²) in [5.74, 6) is -0.479. The van der Waals surface area contributed by atoms with Gasteiger partial charge in [-0.3, -0.25) is 14.5 Å². The van der Waals surface area contributed by atoms with Gasteiger partial charge in [-0.1, -0.05) is 6.92 Å². The number of aromatic nitrogens is 1. The smallest absolute Gasteiger partial charge is 0.320 e. The SMILES string of the molecule is CC(=O)Nc1nc(CN2CCC(C)CC2C(=O)O)cs1. The Balaban J connectivity index is 2.02. The maximum Gasteiger partial charge on any atom is 0.320 e. The molecule has 0 aliphatic carbocycles. The first-order chi connectivity index (χ1) is 9.45. The summed E-state index contributed by atoms with van der Waals surface area (Å²) in [4.78, 5) is 28.6. The van der Waals surface area contributed by atoms with E-state index in [1.807, 2.05) is 10.3 Å². The summed E-state index contributed by atoms with van der Waals surface area (Å²) in [6.07, 6.45) is 1.69. The third-order valence-corrected chi connectivity index (χ3v) is 4.27. The van der Waals surface area contributed by atoms with Crippen LogP contribution in [0.1, 0.15) is 32.4 Å². The third-order valence-electron chi connectivity index (χ3n) is 3.46. The molecule has 0 aromatic carbocycles. The normalized spacial score (nSPS) is 23.5. The Morgan fingerprint density at radius 3 is 3.00 bits per heavy atom. The number of carboxylic acids is 1. The van der Waals surface area contributed by atoms with E-state index in [2.05, 4.69) is 17.2 Å². The van der Waals surface area contributed by atoms with Gasteiger partial charge in [-0.2, -0.15) is 0 Å². The molecule has 2 N–H and O–H groups in total. The Morgan fingerprint density at radius 2 is 2.35 bits per heavy atom. The lowest BCUT2D eigenvalue weighted by molar-refractivity contribution is -0.145. The third kappa shape index (κ3) is 3.77. The summed E-state index contributed by atoms with van der Waals surface area (Å²) in [7, 11) is 0. The van der Waals surface area contributed by atoms with Gasteiger partial charge in [0, 0.05) is 18.8 Å². The van der Waals surface area contributed by atoms with Crippen LogP contribution in [0.25, 0.3) is 0 Å². The number of carbonyl (C=O) groups is 2. The average molecular weight is 297 g/mol. The number of carboxylic acid groups (broad SMARTS) is 1. The fourth-order valence-corrected chi connectivity index (χ4v) is 3.18. The highest BCUT2D eigenvalue weighted by Gasteiger charge is 2.31. The van der Waals surface area contributed by atoms with E-state index in [9.17, 15) is 14.7 Å². The highest BCUT2D eigenvalue weighted by Crippen LogP contribution is 2.25. The standard InChI is InChI=1S/C13H19N3O3S/c1-8-3-4-16(11(5-8)12(18)19)6-10-7-20-13(15-10)14-9(2)17/h7-8,11H,3-6H2,1-2H3,(H,18,19)(H,14,15,17). The molecule has 0 bridgehead atoms. The van der Waals surface area contributed by atoms with Gasteiger partial charge in [0.15, 0.2) is 5.13 Å². The summed E-state index contributed by atoms with van der Waals surface area (Å²) in [6, 6.07) is -0.440. The molecule has 2 rings (SSSR count). The van der Waals surface area contributed by atoms with Crippen LogP contribution >= 0.6 is 11.3 Å². The predicted molar refractivity (Wildman–Crippen MR) is 76.6 cm³/mol. The van der Waals surface area contributed by atoms with Gasteiger partial charge in [0.25, 0.3) is 0 Å². The first kappa shape index (κ1) is 14.9. The van der Waals surface area contributed by atoms with Crippen LogP contribution in [0.2, 0.25) is 0 Å². The van der Waals surface area contributed by atoms with Crippen molar-refractivity contribution in [1.82, 2.24) is 9.88 Å². The van der Waals surface area contributed by atoms with Crippen LogP contribution in [-0.4, -0.2) is 39.5 Å². The van der Waals surface area contributed by atoms with Gasteiger partial charge in [-0.05, 0) is 25.3 Å². The second-order valence-corrected chi connectivity index (χ2v) is 6.14. The molecule has 2 heterocycles. The lowest BCUT2D eigenvalue weighted by Crippen LogP contribution is -2.46. The number of nitrogens with zero attached hydrogens (tertiary/aromatic N) is 2. The first-order valence-electron chi connectivity index (χ1n) is 6.64. The number of nitrogens with one attached hydrogen (secondary N) is 1. The molecule has 0 saturated carbocycles. The van der Waals surface area contributed by atoms with Crippen molar-refractivity contribution in [2.24, 2.45) is 5.92 Å². The van der Waals surface area contributed by atoms with Crippen molar-refractivity contribution in [2.75, 3.05) is 11.9 Å². The van der Waals surface area contributed by atoms with Crippen LogP contribution in [0.3, 0.4) is 0 Å². The van der Waals surface area contributed by atoms with Gasteiger partial charge in [0.1, 0.15) is 6.04 Å². The Morgan fingerprint density at radius 1 is 1.60 bits per heavy atom. The lowest BCUT2D eigenvalue weighted by Gasteiger charge is -2.35. The average Bonchev–Trinajstić information content (AvgIpc) is 2.77. The molecule has 1 aliphatic rings. The molecule has 20 heavy (non-hydrogen) atoms. The minimum Gasteiger partial charge on any atom is -0.480 e. The first-order valence-corrected chi connectivity index (χ1v) is 7.52. The fourth-order valence-electron chi connectivity index (χ4n) is 2.43. The maximum absolute atomic E-state index is 11.3. The number of carbonyl (C=O) groups excluding carboxylic acids is 1. The quantitative estimate of drug-likeness (QED) is 0.885. The van der Waals surface area contributed by atoms with Crippen molar-refractivity contribution in [1.29, 1.82) is 0 Å². The van der Waals surface area contributed by atoms with Crippen LogP contribution in [0.15, 0.2) is 5.38 Å². The fraction of sp³-hybridized carbons (Fsp3) is 0.615. The Kier molecular flexibility index (Phi) is 4.72. The van der Waals surface area contributed by atoms with Crippen molar-refractivity contribution >= 4 is 28.3 Å². The molecule has 1 amide bonds.